The van der Waals surface area contributed by atoms with Crippen LogP contribution in [-0.2, 0) is 11.3 Å². The van der Waals surface area contributed by atoms with Crippen LogP contribution in [0.4, 0.5) is 0 Å². The average molecular weight is 356 g/mol. The van der Waals surface area contributed by atoms with Crippen LogP contribution >= 0.6 is 0 Å². The van der Waals surface area contributed by atoms with Crippen molar-refractivity contribution in [3.05, 3.63) is 48.5 Å². The van der Waals surface area contributed by atoms with E-state index in [1.807, 2.05) is 15.7 Å². The first-order valence-electron chi connectivity index (χ1n) is 8.84. The van der Waals surface area contributed by atoms with E-state index in [1.165, 1.54) is 0 Å². The molecule has 0 saturated carbocycles. The molecule has 1 aromatic heterocycles. The molecule has 0 aliphatic carbocycles. The molecule has 1 aliphatic heterocycles. The number of hydrogen-bond donors (Lipinski definition) is 0. The van der Waals surface area contributed by atoms with Crippen LogP contribution in [0.5, 0.6) is 5.75 Å². The normalized spacial score (nSPS) is 14.3. The maximum atomic E-state index is 12.6. The minimum absolute atomic E-state index is 0.000130. The molecule has 0 unspecified atom stereocenters. The van der Waals surface area contributed by atoms with E-state index < -0.39 is 0 Å². The zero-order valence-electron chi connectivity index (χ0n) is 15.0. The number of aromatic nitrogens is 2. The van der Waals surface area contributed by atoms with E-state index in [0.717, 1.165) is 18.7 Å². The smallest absolute Gasteiger partial charge is 0.253 e. The van der Waals surface area contributed by atoms with E-state index in [9.17, 15) is 9.59 Å². The van der Waals surface area contributed by atoms with E-state index in [2.05, 4.69) is 4.98 Å². The molecule has 1 aromatic carbocycles. The fourth-order valence-corrected chi connectivity index (χ4v) is 3.07. The highest BCUT2D eigenvalue weighted by molar-refractivity contribution is 5.94. The summed E-state index contributed by atoms with van der Waals surface area (Å²) in [5, 5.41) is 0. The number of ether oxygens (including phenoxy) is 1. The Hall–Kier alpha value is -2.83. The maximum Gasteiger partial charge on any atom is 0.253 e. The van der Waals surface area contributed by atoms with Crippen molar-refractivity contribution >= 4 is 11.8 Å². The van der Waals surface area contributed by atoms with Crippen LogP contribution in [0, 0.1) is 0 Å². The van der Waals surface area contributed by atoms with Gasteiger partial charge in [-0.2, -0.15) is 0 Å². The molecule has 0 bridgehead atoms. The minimum atomic E-state index is -0.000130. The highest BCUT2D eigenvalue weighted by Gasteiger charge is 2.24. The summed E-state index contributed by atoms with van der Waals surface area (Å²) in [4.78, 5) is 32.5. The fraction of sp³-hybridized carbons (Fsp3) is 0.421. The van der Waals surface area contributed by atoms with Crippen molar-refractivity contribution in [2.75, 3.05) is 33.3 Å². The number of piperazine rings is 1. The molecule has 1 fully saturated rings. The van der Waals surface area contributed by atoms with Crippen molar-refractivity contribution in [1.82, 2.24) is 19.4 Å². The van der Waals surface area contributed by atoms with Gasteiger partial charge in [-0.3, -0.25) is 9.59 Å². The lowest BCUT2D eigenvalue weighted by Crippen LogP contribution is -2.50. The van der Waals surface area contributed by atoms with E-state index in [-0.39, 0.29) is 11.8 Å². The number of imidazole rings is 1. The van der Waals surface area contributed by atoms with Gasteiger partial charge in [-0.1, -0.05) is 0 Å². The largest absolute Gasteiger partial charge is 0.497 e. The van der Waals surface area contributed by atoms with Gasteiger partial charge in [0.05, 0.1) is 13.4 Å². The molecule has 2 aromatic rings. The molecule has 0 spiro atoms. The summed E-state index contributed by atoms with van der Waals surface area (Å²) in [7, 11) is 1.60. The van der Waals surface area contributed by atoms with Crippen LogP contribution in [0.3, 0.4) is 0 Å². The van der Waals surface area contributed by atoms with Crippen molar-refractivity contribution in [3.63, 3.8) is 0 Å². The Bertz CT molecular complexity index is 720. The van der Waals surface area contributed by atoms with Gasteiger partial charge in [0.2, 0.25) is 5.91 Å². The molecular formula is C19H24N4O3. The maximum absolute atomic E-state index is 12.6. The molecule has 1 aliphatic rings. The number of hydrogen-bond acceptors (Lipinski definition) is 4. The molecule has 0 N–H and O–H groups in total. The molecular weight excluding hydrogens is 332 g/mol. The molecule has 26 heavy (non-hydrogen) atoms. The Labute approximate surface area is 153 Å². The first-order valence-corrected chi connectivity index (χ1v) is 8.84. The highest BCUT2D eigenvalue weighted by Crippen LogP contribution is 2.15. The van der Waals surface area contributed by atoms with Crippen molar-refractivity contribution in [1.29, 1.82) is 0 Å². The number of nitrogens with zero attached hydrogens (tertiary/aromatic N) is 4. The van der Waals surface area contributed by atoms with Crippen molar-refractivity contribution in [3.8, 4) is 5.75 Å². The second-order valence-electron chi connectivity index (χ2n) is 6.31. The molecule has 2 heterocycles. The summed E-state index contributed by atoms with van der Waals surface area (Å²) in [5.74, 6) is 0.884. The molecule has 0 atom stereocenters. The van der Waals surface area contributed by atoms with Gasteiger partial charge in [0, 0.05) is 57.1 Å². The van der Waals surface area contributed by atoms with Crippen LogP contribution in [0.15, 0.2) is 43.0 Å². The number of aryl methyl sites for hydroxylation is 1. The number of benzene rings is 1. The van der Waals surface area contributed by atoms with Crippen LogP contribution in [0.25, 0.3) is 0 Å². The zero-order chi connectivity index (χ0) is 18.4. The van der Waals surface area contributed by atoms with Gasteiger partial charge in [0.15, 0.2) is 0 Å². The number of carbonyl (C=O) groups is 2. The molecule has 1 saturated heterocycles. The van der Waals surface area contributed by atoms with Crippen molar-refractivity contribution in [2.45, 2.75) is 19.4 Å². The van der Waals surface area contributed by atoms with Crippen LogP contribution in [0.2, 0.25) is 0 Å². The van der Waals surface area contributed by atoms with Gasteiger partial charge in [-0.25, -0.2) is 4.98 Å². The lowest BCUT2D eigenvalue weighted by molar-refractivity contribution is -0.132. The molecule has 7 heteroatoms. The Morgan fingerprint density at radius 1 is 1.08 bits per heavy atom. The van der Waals surface area contributed by atoms with Crippen molar-refractivity contribution < 1.29 is 14.3 Å². The lowest BCUT2D eigenvalue weighted by Gasteiger charge is -2.35. The Morgan fingerprint density at radius 3 is 2.38 bits per heavy atom. The van der Waals surface area contributed by atoms with Gasteiger partial charge in [0.25, 0.3) is 5.91 Å². The number of methoxy groups -OCH3 is 1. The predicted molar refractivity (Wildman–Crippen MR) is 96.9 cm³/mol. The van der Waals surface area contributed by atoms with Gasteiger partial charge in [-0.15, -0.1) is 0 Å². The second-order valence-corrected chi connectivity index (χ2v) is 6.31. The van der Waals surface area contributed by atoms with E-state index in [4.69, 9.17) is 4.74 Å². The minimum Gasteiger partial charge on any atom is -0.497 e. The number of amides is 2. The number of carbonyl (C=O) groups excluding carboxylic acids is 2. The Kier molecular flexibility index (Phi) is 5.88. The quantitative estimate of drug-likeness (QED) is 0.789. The van der Waals surface area contributed by atoms with Crippen LogP contribution < -0.4 is 4.74 Å². The lowest BCUT2D eigenvalue weighted by atomic mass is 10.1. The first-order chi connectivity index (χ1) is 12.7. The highest BCUT2D eigenvalue weighted by atomic mass is 16.5. The van der Waals surface area contributed by atoms with Crippen LogP contribution in [0.1, 0.15) is 23.2 Å². The molecule has 0 radical (unpaired) electrons. The molecule has 2 amide bonds. The fourth-order valence-electron chi connectivity index (χ4n) is 3.07. The zero-order valence-corrected chi connectivity index (χ0v) is 15.0. The number of rotatable bonds is 6. The van der Waals surface area contributed by atoms with Gasteiger partial charge < -0.3 is 19.1 Å². The summed E-state index contributed by atoms with van der Waals surface area (Å²) in [6.07, 6.45) is 6.70. The summed E-state index contributed by atoms with van der Waals surface area (Å²) in [5.41, 5.74) is 0.644. The third kappa shape index (κ3) is 4.41. The predicted octanol–water partition coefficient (Wildman–Crippen LogP) is 1.66. The average Bonchev–Trinajstić information content (AvgIpc) is 3.21. The SMILES string of the molecule is COc1ccc(C(=O)N2CCN(C(=O)CCCn3ccnc3)CC2)cc1. The Balaban J connectivity index is 1.44. The van der Waals surface area contributed by atoms with Crippen molar-refractivity contribution in [2.24, 2.45) is 0 Å². The van der Waals surface area contributed by atoms with Crippen LogP contribution in [-0.4, -0.2) is 64.5 Å². The first kappa shape index (κ1) is 18.0. The third-order valence-electron chi connectivity index (χ3n) is 4.62. The summed E-state index contributed by atoms with van der Waals surface area (Å²) in [6.45, 7) is 3.11. The Morgan fingerprint density at radius 2 is 1.77 bits per heavy atom. The summed E-state index contributed by atoms with van der Waals surface area (Å²) < 4.78 is 7.09. The van der Waals surface area contributed by atoms with E-state index in [0.29, 0.717) is 38.2 Å². The third-order valence-corrected chi connectivity index (χ3v) is 4.62. The topological polar surface area (TPSA) is 67.7 Å². The molecule has 138 valence electrons. The van der Waals surface area contributed by atoms with E-state index >= 15 is 0 Å². The van der Waals surface area contributed by atoms with E-state index in [1.54, 1.807) is 48.8 Å². The standard InChI is InChI=1S/C19H24N4O3/c1-26-17-6-4-16(5-7-17)19(25)23-13-11-22(12-14-23)18(24)3-2-9-21-10-8-20-15-21/h4-8,10,15H,2-3,9,11-14H2,1H3. The van der Waals surface area contributed by atoms with Gasteiger partial charge >= 0.3 is 0 Å². The second kappa shape index (κ2) is 8.51. The van der Waals surface area contributed by atoms with Gasteiger partial charge in [0.1, 0.15) is 5.75 Å². The molecule has 3 rings (SSSR count). The van der Waals surface area contributed by atoms with Gasteiger partial charge in [-0.05, 0) is 30.7 Å². The summed E-state index contributed by atoms with van der Waals surface area (Å²) >= 11 is 0. The molecule has 7 nitrogen and oxygen atoms in total. The summed E-state index contributed by atoms with van der Waals surface area (Å²) in [6, 6.07) is 7.12. The monoisotopic (exact) mass is 356 g/mol.